The lowest BCUT2D eigenvalue weighted by atomic mass is 10.0. The maximum Gasteiger partial charge on any atom is 0.226 e. The molecule has 1 aliphatic rings. The summed E-state index contributed by atoms with van der Waals surface area (Å²) < 4.78 is 0. The highest BCUT2D eigenvalue weighted by molar-refractivity contribution is 7.13. The second-order valence-corrected chi connectivity index (χ2v) is 4.48. The van der Waals surface area contributed by atoms with Crippen LogP contribution in [0.25, 0.3) is 0 Å². The van der Waals surface area contributed by atoms with Gasteiger partial charge in [0.1, 0.15) is 5.51 Å². The molecule has 1 aromatic rings. The van der Waals surface area contributed by atoms with Crippen LogP contribution in [0.3, 0.4) is 0 Å². The number of rotatable bonds is 3. The number of amides is 1. The molecule has 0 saturated heterocycles. The Hall–Kier alpha value is -0.970. The molecule has 2 rings (SSSR count). The third kappa shape index (κ3) is 2.51. The molecule has 0 atom stereocenters. The van der Waals surface area contributed by atoms with E-state index in [1.165, 1.54) is 37.0 Å². The fourth-order valence-electron chi connectivity index (χ4n) is 1.87. The van der Waals surface area contributed by atoms with Crippen molar-refractivity contribution in [3.05, 3.63) is 5.51 Å². The summed E-state index contributed by atoms with van der Waals surface area (Å²) in [5.41, 5.74) is 1.62. The summed E-state index contributed by atoms with van der Waals surface area (Å²) in [6.07, 6.45) is 5.58. The molecule has 1 fully saturated rings. The average Bonchev–Trinajstić information content (AvgIpc) is 2.76. The molecule has 0 radical (unpaired) electrons. The number of carbonyl (C=O) groups excluding carboxylic acids is 1. The zero-order valence-electron chi connectivity index (χ0n) is 7.90. The van der Waals surface area contributed by atoms with Crippen molar-refractivity contribution < 1.29 is 4.79 Å². The van der Waals surface area contributed by atoms with Crippen LogP contribution in [0.1, 0.15) is 32.1 Å². The molecule has 1 amide bonds. The molecule has 0 bridgehead atoms. The molecule has 0 unspecified atom stereocenters. The number of aromatic nitrogens is 2. The maximum absolute atomic E-state index is 11.5. The molecule has 5 heteroatoms. The van der Waals surface area contributed by atoms with E-state index >= 15 is 0 Å². The van der Waals surface area contributed by atoms with Crippen LogP contribution in [0.15, 0.2) is 5.51 Å². The highest BCUT2D eigenvalue weighted by atomic mass is 32.1. The number of nitrogens with one attached hydrogen (secondary N) is 1. The summed E-state index contributed by atoms with van der Waals surface area (Å²) in [5.74, 6) is 0.663. The quantitative estimate of drug-likeness (QED) is 0.832. The van der Waals surface area contributed by atoms with Gasteiger partial charge in [0.2, 0.25) is 11.0 Å². The zero-order valence-corrected chi connectivity index (χ0v) is 8.72. The van der Waals surface area contributed by atoms with E-state index in [1.54, 1.807) is 5.51 Å². The summed E-state index contributed by atoms with van der Waals surface area (Å²) in [6.45, 7) is 0. The molecule has 14 heavy (non-hydrogen) atoms. The van der Waals surface area contributed by atoms with Crippen molar-refractivity contribution in [2.24, 2.45) is 5.92 Å². The molecule has 1 heterocycles. The van der Waals surface area contributed by atoms with Crippen LogP contribution in [0.5, 0.6) is 0 Å². The molecule has 1 aromatic heterocycles. The fraction of sp³-hybridized carbons (Fsp3) is 0.667. The van der Waals surface area contributed by atoms with Gasteiger partial charge in [-0.3, -0.25) is 4.79 Å². The first-order valence-electron chi connectivity index (χ1n) is 4.90. The van der Waals surface area contributed by atoms with Crippen LogP contribution < -0.4 is 5.32 Å². The Labute approximate surface area is 86.7 Å². The van der Waals surface area contributed by atoms with E-state index in [-0.39, 0.29) is 5.91 Å². The second kappa shape index (κ2) is 4.50. The molecule has 0 aliphatic heterocycles. The highest BCUT2D eigenvalue weighted by Gasteiger charge is 2.18. The molecule has 4 nitrogen and oxygen atoms in total. The summed E-state index contributed by atoms with van der Waals surface area (Å²) in [7, 11) is 0. The summed E-state index contributed by atoms with van der Waals surface area (Å²) >= 11 is 1.35. The van der Waals surface area contributed by atoms with E-state index in [2.05, 4.69) is 15.5 Å². The van der Waals surface area contributed by atoms with Gasteiger partial charge in [-0.2, -0.15) is 0 Å². The van der Waals surface area contributed by atoms with E-state index in [0.29, 0.717) is 17.5 Å². The standard InChI is InChI=1S/C9H13N3OS/c13-8(5-7-3-1-2-4-7)11-9-12-10-6-14-9/h6-7H,1-5H2,(H,11,12,13). The lowest BCUT2D eigenvalue weighted by molar-refractivity contribution is -0.117. The lowest BCUT2D eigenvalue weighted by Gasteiger charge is -2.06. The molecule has 1 aliphatic carbocycles. The van der Waals surface area contributed by atoms with Crippen molar-refractivity contribution in [2.45, 2.75) is 32.1 Å². The van der Waals surface area contributed by atoms with Gasteiger partial charge >= 0.3 is 0 Å². The smallest absolute Gasteiger partial charge is 0.226 e. The van der Waals surface area contributed by atoms with Gasteiger partial charge < -0.3 is 5.32 Å². The van der Waals surface area contributed by atoms with Crippen molar-refractivity contribution in [3.8, 4) is 0 Å². The molecule has 76 valence electrons. The highest BCUT2D eigenvalue weighted by Crippen LogP contribution is 2.27. The largest absolute Gasteiger partial charge is 0.301 e. The number of hydrogen-bond donors (Lipinski definition) is 1. The van der Waals surface area contributed by atoms with Crippen LogP contribution in [0, 0.1) is 5.92 Å². The van der Waals surface area contributed by atoms with E-state index in [4.69, 9.17) is 0 Å². The van der Waals surface area contributed by atoms with Gasteiger partial charge in [-0.1, -0.05) is 24.2 Å². The second-order valence-electron chi connectivity index (χ2n) is 3.65. The topological polar surface area (TPSA) is 54.9 Å². The Morgan fingerprint density at radius 3 is 3.00 bits per heavy atom. The molecule has 1 N–H and O–H groups in total. The third-order valence-corrected chi connectivity index (χ3v) is 3.16. The summed E-state index contributed by atoms with van der Waals surface area (Å²) in [5, 5.41) is 10.8. The Morgan fingerprint density at radius 1 is 1.57 bits per heavy atom. The molecular weight excluding hydrogens is 198 g/mol. The van der Waals surface area contributed by atoms with Gasteiger partial charge in [0.15, 0.2) is 0 Å². The Kier molecular flexibility index (Phi) is 3.08. The average molecular weight is 211 g/mol. The Balaban J connectivity index is 1.78. The van der Waals surface area contributed by atoms with Gasteiger partial charge in [-0.15, -0.1) is 10.2 Å². The Morgan fingerprint density at radius 2 is 2.36 bits per heavy atom. The SMILES string of the molecule is O=C(CC1CCCC1)Nc1nncs1. The van der Waals surface area contributed by atoms with Gasteiger partial charge in [0.05, 0.1) is 0 Å². The first kappa shape index (κ1) is 9.58. The minimum absolute atomic E-state index is 0.0775. The van der Waals surface area contributed by atoms with E-state index in [1.807, 2.05) is 0 Å². The monoisotopic (exact) mass is 211 g/mol. The van der Waals surface area contributed by atoms with Crippen LogP contribution >= 0.6 is 11.3 Å². The van der Waals surface area contributed by atoms with Crippen LogP contribution in [-0.4, -0.2) is 16.1 Å². The van der Waals surface area contributed by atoms with E-state index in [0.717, 1.165) is 0 Å². The molecule has 0 spiro atoms. The van der Waals surface area contributed by atoms with Crippen molar-refractivity contribution in [2.75, 3.05) is 5.32 Å². The first-order chi connectivity index (χ1) is 6.84. The molecule has 0 aromatic carbocycles. The Bertz CT molecular complexity index is 293. The maximum atomic E-state index is 11.5. The molecule has 1 saturated carbocycles. The minimum atomic E-state index is 0.0775. The number of hydrogen-bond acceptors (Lipinski definition) is 4. The van der Waals surface area contributed by atoms with Gasteiger partial charge in [0.25, 0.3) is 0 Å². The van der Waals surface area contributed by atoms with E-state index < -0.39 is 0 Å². The number of carbonyl (C=O) groups is 1. The molecular formula is C9H13N3OS. The summed E-state index contributed by atoms with van der Waals surface area (Å²) in [6, 6.07) is 0. The predicted molar refractivity (Wildman–Crippen MR) is 55.1 cm³/mol. The van der Waals surface area contributed by atoms with Crippen LogP contribution in [0.4, 0.5) is 5.13 Å². The summed E-state index contributed by atoms with van der Waals surface area (Å²) in [4.78, 5) is 11.5. The van der Waals surface area contributed by atoms with Crippen LogP contribution in [0.2, 0.25) is 0 Å². The number of anilines is 1. The number of nitrogens with zero attached hydrogens (tertiary/aromatic N) is 2. The van der Waals surface area contributed by atoms with Crippen LogP contribution in [-0.2, 0) is 4.79 Å². The minimum Gasteiger partial charge on any atom is -0.301 e. The lowest BCUT2D eigenvalue weighted by Crippen LogP contribution is -2.14. The van der Waals surface area contributed by atoms with Crippen molar-refractivity contribution in [1.82, 2.24) is 10.2 Å². The van der Waals surface area contributed by atoms with Gasteiger partial charge in [0, 0.05) is 6.42 Å². The fourth-order valence-corrected chi connectivity index (χ4v) is 2.34. The van der Waals surface area contributed by atoms with Crippen molar-refractivity contribution in [3.63, 3.8) is 0 Å². The van der Waals surface area contributed by atoms with Crippen molar-refractivity contribution in [1.29, 1.82) is 0 Å². The van der Waals surface area contributed by atoms with E-state index in [9.17, 15) is 4.79 Å². The third-order valence-electron chi connectivity index (χ3n) is 2.56. The normalized spacial score (nSPS) is 17.1. The van der Waals surface area contributed by atoms with Gasteiger partial charge in [-0.05, 0) is 18.8 Å². The van der Waals surface area contributed by atoms with Gasteiger partial charge in [-0.25, -0.2) is 0 Å². The predicted octanol–water partition coefficient (Wildman–Crippen LogP) is 2.06. The zero-order chi connectivity index (χ0) is 9.80. The van der Waals surface area contributed by atoms with Crippen molar-refractivity contribution >= 4 is 22.4 Å². The first-order valence-corrected chi connectivity index (χ1v) is 5.78.